The van der Waals surface area contributed by atoms with E-state index in [0.717, 1.165) is 22.9 Å². The summed E-state index contributed by atoms with van der Waals surface area (Å²) in [6, 6.07) is 7.50. The Kier molecular flexibility index (Phi) is 6.24. The number of thioether (sulfide) groups is 1. The van der Waals surface area contributed by atoms with Crippen LogP contribution in [0, 0.1) is 0 Å². The largest absolute Gasteiger partial charge is 0.423 e. The van der Waals surface area contributed by atoms with Crippen LogP contribution in [0.4, 0.5) is 0 Å². The van der Waals surface area contributed by atoms with Crippen molar-refractivity contribution in [2.45, 2.75) is 32.1 Å². The van der Waals surface area contributed by atoms with Crippen molar-refractivity contribution in [1.82, 2.24) is 0 Å². The monoisotopic (exact) mass is 334 g/mol. The van der Waals surface area contributed by atoms with Crippen LogP contribution < -0.4 is 11.4 Å². The minimum atomic E-state index is -0.343. The van der Waals surface area contributed by atoms with Crippen LogP contribution in [0.5, 0.6) is 0 Å². The predicted molar refractivity (Wildman–Crippen MR) is 96.1 cm³/mol. The maximum absolute atomic E-state index is 11.8. The molecule has 124 valence electrons. The molecule has 23 heavy (non-hydrogen) atoms. The summed E-state index contributed by atoms with van der Waals surface area (Å²) >= 11 is 1.41. The summed E-state index contributed by atoms with van der Waals surface area (Å²) in [6.45, 7) is 4.53. The van der Waals surface area contributed by atoms with Gasteiger partial charge in [-0.05, 0) is 30.5 Å². The second-order valence-electron chi connectivity index (χ2n) is 5.34. The average Bonchev–Trinajstić information content (AvgIpc) is 2.51. The first-order valence-corrected chi connectivity index (χ1v) is 8.52. The van der Waals surface area contributed by atoms with Crippen LogP contribution >= 0.6 is 11.8 Å². The Balaban J connectivity index is 2.21. The second-order valence-corrected chi connectivity index (χ2v) is 6.33. The lowest BCUT2D eigenvalue weighted by Crippen LogP contribution is -2.15. The summed E-state index contributed by atoms with van der Waals surface area (Å²) in [4.78, 5) is 16.1. The number of methoxy groups -OCH3 is 1. The van der Waals surface area contributed by atoms with Gasteiger partial charge in [-0.3, -0.25) is 4.99 Å². The van der Waals surface area contributed by atoms with Crippen molar-refractivity contribution in [3.8, 4) is 0 Å². The van der Waals surface area contributed by atoms with Gasteiger partial charge in [0.1, 0.15) is 5.58 Å². The molecule has 2 aromatic rings. The van der Waals surface area contributed by atoms with Crippen LogP contribution in [0.1, 0.15) is 25.0 Å². The molecule has 0 aliphatic carbocycles. The lowest BCUT2D eigenvalue weighted by atomic mass is 10.1. The van der Waals surface area contributed by atoms with Crippen LogP contribution in [0.2, 0.25) is 0 Å². The maximum Gasteiger partial charge on any atom is 0.336 e. The van der Waals surface area contributed by atoms with Gasteiger partial charge in [-0.2, -0.15) is 0 Å². The summed E-state index contributed by atoms with van der Waals surface area (Å²) in [7, 11) is 1.63. The van der Waals surface area contributed by atoms with E-state index in [1.54, 1.807) is 7.11 Å². The molecule has 0 saturated heterocycles. The molecule has 1 atom stereocenters. The summed E-state index contributed by atoms with van der Waals surface area (Å²) in [5, 5.41) is 1.42. The Morgan fingerprint density at radius 1 is 1.43 bits per heavy atom. The molecule has 0 bridgehead atoms. The first kappa shape index (κ1) is 17.6. The molecule has 2 N–H and O–H groups in total. The van der Waals surface area contributed by atoms with Crippen LogP contribution in [-0.2, 0) is 16.9 Å². The summed E-state index contributed by atoms with van der Waals surface area (Å²) in [5.41, 5.74) is 8.26. The highest BCUT2D eigenvalue weighted by Crippen LogP contribution is 2.23. The molecule has 0 aliphatic heterocycles. The lowest BCUT2D eigenvalue weighted by Gasteiger charge is -2.08. The standard InChI is InChI=1S/C17H22N2O3S/c1-4-12-5-6-14-13(8-16(20)22-15(14)7-12)10-23-17(18)19-11(2)9-21-3/h5-8,11H,4,9-10H2,1-3H3,(H2,18,19)/t11-/m1/s1. The molecular weight excluding hydrogens is 312 g/mol. The van der Waals surface area contributed by atoms with Gasteiger partial charge in [0.25, 0.3) is 0 Å². The highest BCUT2D eigenvalue weighted by atomic mass is 32.2. The van der Waals surface area contributed by atoms with Crippen LogP contribution in [0.25, 0.3) is 11.0 Å². The first-order chi connectivity index (χ1) is 11.0. The third kappa shape index (κ3) is 4.84. The minimum Gasteiger partial charge on any atom is -0.423 e. The van der Waals surface area contributed by atoms with Crippen LogP contribution in [-0.4, -0.2) is 24.9 Å². The number of fused-ring (bicyclic) bond motifs is 1. The summed E-state index contributed by atoms with van der Waals surface area (Å²) in [5.74, 6) is 0.572. The fourth-order valence-corrected chi connectivity index (χ4v) is 3.09. The Morgan fingerprint density at radius 3 is 2.91 bits per heavy atom. The van der Waals surface area contributed by atoms with Crippen LogP contribution in [0.15, 0.2) is 38.5 Å². The van der Waals surface area contributed by atoms with Crippen LogP contribution in [0.3, 0.4) is 0 Å². The Labute approximate surface area is 139 Å². The van der Waals surface area contributed by atoms with Crippen molar-refractivity contribution < 1.29 is 9.15 Å². The van der Waals surface area contributed by atoms with Gasteiger partial charge >= 0.3 is 5.63 Å². The molecular formula is C17H22N2O3S. The molecule has 6 heteroatoms. The van der Waals surface area contributed by atoms with E-state index in [1.165, 1.54) is 17.8 Å². The molecule has 0 amide bonds. The SMILES string of the molecule is CCc1ccc2c(CSC(N)=N[C@H](C)COC)cc(=O)oc2c1. The molecule has 0 fully saturated rings. The van der Waals surface area contributed by atoms with Crippen molar-refractivity contribution in [3.63, 3.8) is 0 Å². The average molecular weight is 334 g/mol. The van der Waals surface area contributed by atoms with Crippen molar-refractivity contribution in [2.75, 3.05) is 13.7 Å². The number of benzene rings is 1. The van der Waals surface area contributed by atoms with Crippen molar-refractivity contribution in [2.24, 2.45) is 10.7 Å². The zero-order valence-corrected chi connectivity index (χ0v) is 14.5. The summed E-state index contributed by atoms with van der Waals surface area (Å²) < 4.78 is 10.3. The fourth-order valence-electron chi connectivity index (χ4n) is 2.30. The van der Waals surface area contributed by atoms with E-state index in [1.807, 2.05) is 19.1 Å². The number of aryl methyl sites for hydroxylation is 1. The maximum atomic E-state index is 11.8. The van der Waals surface area contributed by atoms with E-state index >= 15 is 0 Å². The number of amidine groups is 1. The van der Waals surface area contributed by atoms with E-state index in [4.69, 9.17) is 14.9 Å². The highest BCUT2D eigenvalue weighted by Gasteiger charge is 2.08. The predicted octanol–water partition coefficient (Wildman–Crippen LogP) is 2.94. The van der Waals surface area contributed by atoms with Gasteiger partial charge in [-0.15, -0.1) is 0 Å². The number of aliphatic imine (C=N–C) groups is 1. The molecule has 1 heterocycles. The zero-order valence-electron chi connectivity index (χ0n) is 13.7. The van der Waals surface area contributed by atoms with Gasteiger partial charge < -0.3 is 14.9 Å². The van der Waals surface area contributed by atoms with Gasteiger partial charge in [0.05, 0.1) is 12.6 Å². The first-order valence-electron chi connectivity index (χ1n) is 7.54. The molecule has 2 rings (SSSR count). The summed E-state index contributed by atoms with van der Waals surface area (Å²) in [6.07, 6.45) is 0.898. The third-order valence-corrected chi connectivity index (χ3v) is 4.29. The molecule has 1 aromatic heterocycles. The number of rotatable bonds is 6. The molecule has 0 radical (unpaired) electrons. The third-order valence-electron chi connectivity index (χ3n) is 3.43. The molecule has 0 unspecified atom stereocenters. The molecule has 0 saturated carbocycles. The molecule has 5 nitrogen and oxygen atoms in total. The van der Waals surface area contributed by atoms with E-state index in [9.17, 15) is 4.79 Å². The molecule has 1 aromatic carbocycles. The van der Waals surface area contributed by atoms with E-state index < -0.39 is 0 Å². The topological polar surface area (TPSA) is 77.8 Å². The lowest BCUT2D eigenvalue weighted by molar-refractivity contribution is 0.186. The van der Waals surface area contributed by atoms with E-state index in [2.05, 4.69) is 18.0 Å². The number of ether oxygens (including phenoxy) is 1. The van der Waals surface area contributed by atoms with Gasteiger partial charge in [0.2, 0.25) is 0 Å². The molecule has 0 spiro atoms. The van der Waals surface area contributed by atoms with Gasteiger partial charge in [0, 0.05) is 24.3 Å². The van der Waals surface area contributed by atoms with Gasteiger partial charge in [-0.25, -0.2) is 4.79 Å². The number of nitrogens with two attached hydrogens (primary N) is 1. The van der Waals surface area contributed by atoms with E-state index in [0.29, 0.717) is 23.1 Å². The Morgan fingerprint density at radius 2 is 2.22 bits per heavy atom. The quantitative estimate of drug-likeness (QED) is 0.499. The van der Waals surface area contributed by atoms with E-state index in [-0.39, 0.29) is 11.7 Å². The normalized spacial score (nSPS) is 13.4. The zero-order chi connectivity index (χ0) is 16.8. The number of hydrogen-bond acceptors (Lipinski definition) is 5. The van der Waals surface area contributed by atoms with Crippen molar-refractivity contribution in [1.29, 1.82) is 0 Å². The Hall–Kier alpha value is -1.79. The van der Waals surface area contributed by atoms with Crippen molar-refractivity contribution >= 4 is 27.9 Å². The number of hydrogen-bond donors (Lipinski definition) is 1. The minimum absolute atomic E-state index is 0.0113. The molecule has 0 aliphatic rings. The fraction of sp³-hybridized carbons (Fsp3) is 0.412. The number of nitrogens with zero attached hydrogens (tertiary/aromatic N) is 1. The highest BCUT2D eigenvalue weighted by molar-refractivity contribution is 8.13. The Bertz CT molecular complexity index is 755. The second kappa shape index (κ2) is 8.17. The van der Waals surface area contributed by atoms with Crippen molar-refractivity contribution in [3.05, 3.63) is 45.8 Å². The van der Waals surface area contributed by atoms with Gasteiger partial charge in [0.15, 0.2) is 5.17 Å². The van der Waals surface area contributed by atoms with Gasteiger partial charge in [-0.1, -0.05) is 30.8 Å². The smallest absolute Gasteiger partial charge is 0.336 e.